The molecule has 3 amide bonds. The van der Waals surface area contributed by atoms with Crippen molar-refractivity contribution in [1.29, 1.82) is 0 Å². The van der Waals surface area contributed by atoms with Crippen molar-refractivity contribution in [3.8, 4) is 0 Å². The highest BCUT2D eigenvalue weighted by molar-refractivity contribution is 6.01. The second-order valence-corrected chi connectivity index (χ2v) is 6.39. The molecular formula is C20H21N3O4. The summed E-state index contributed by atoms with van der Waals surface area (Å²) in [5.74, 6) is -1.57. The molecule has 140 valence electrons. The highest BCUT2D eigenvalue weighted by Gasteiger charge is 2.26. The Morgan fingerprint density at radius 3 is 2.56 bits per heavy atom. The first-order chi connectivity index (χ1) is 13.0. The molecule has 0 spiro atoms. The Bertz CT molecular complexity index is 867. The summed E-state index contributed by atoms with van der Waals surface area (Å²) in [5.41, 5.74) is 2.46. The normalized spacial score (nSPS) is 14.6. The van der Waals surface area contributed by atoms with Crippen molar-refractivity contribution in [3.63, 3.8) is 0 Å². The molecule has 1 fully saturated rings. The van der Waals surface area contributed by atoms with Crippen LogP contribution in [-0.2, 0) is 11.2 Å². The minimum Gasteiger partial charge on any atom is -0.480 e. The second kappa shape index (κ2) is 7.90. The number of nitrogens with one attached hydrogen (secondary N) is 2. The van der Waals surface area contributed by atoms with Gasteiger partial charge >= 0.3 is 12.0 Å². The van der Waals surface area contributed by atoms with Crippen LogP contribution in [0.1, 0.15) is 21.5 Å². The fraction of sp³-hybridized carbons (Fsp3) is 0.250. The molecule has 2 aromatic carbocycles. The van der Waals surface area contributed by atoms with E-state index < -0.39 is 17.9 Å². The third kappa shape index (κ3) is 4.08. The molecule has 0 aromatic heterocycles. The lowest BCUT2D eigenvalue weighted by Crippen LogP contribution is -2.42. The number of anilines is 1. The van der Waals surface area contributed by atoms with Crippen LogP contribution in [0, 0.1) is 6.92 Å². The standard InChI is InChI=1S/C20H21N3O4/c1-13-15(8-5-9-17(13)23-11-10-21-20(23)27)18(24)22-16(19(25)26)12-14-6-3-2-4-7-14/h2-9,16H,10-12H2,1H3,(H,21,27)(H,22,24)(H,25,26)/t16-/m0/s1. The number of carbonyl (C=O) groups is 3. The van der Waals surface area contributed by atoms with E-state index >= 15 is 0 Å². The van der Waals surface area contributed by atoms with Crippen molar-refractivity contribution in [2.24, 2.45) is 0 Å². The van der Waals surface area contributed by atoms with Crippen molar-refractivity contribution < 1.29 is 19.5 Å². The molecule has 3 N–H and O–H groups in total. The Morgan fingerprint density at radius 2 is 1.93 bits per heavy atom. The molecule has 1 aliphatic heterocycles. The molecule has 27 heavy (non-hydrogen) atoms. The third-order valence-corrected chi connectivity index (χ3v) is 4.58. The summed E-state index contributed by atoms with van der Waals surface area (Å²) in [5, 5.41) is 14.8. The molecule has 1 saturated heterocycles. The average molecular weight is 367 g/mol. The van der Waals surface area contributed by atoms with Crippen LogP contribution in [0.25, 0.3) is 0 Å². The van der Waals surface area contributed by atoms with E-state index in [0.29, 0.717) is 29.9 Å². The van der Waals surface area contributed by atoms with Gasteiger partial charge in [0.1, 0.15) is 6.04 Å². The number of aliphatic carboxylic acids is 1. The summed E-state index contributed by atoms with van der Waals surface area (Å²) in [7, 11) is 0. The van der Waals surface area contributed by atoms with Crippen molar-refractivity contribution >= 4 is 23.6 Å². The van der Waals surface area contributed by atoms with Gasteiger partial charge in [0.05, 0.1) is 0 Å². The molecule has 1 heterocycles. The molecule has 3 rings (SSSR count). The molecule has 1 atom stereocenters. The third-order valence-electron chi connectivity index (χ3n) is 4.58. The number of carboxylic acids is 1. The molecule has 0 radical (unpaired) electrons. The predicted molar refractivity (Wildman–Crippen MR) is 101 cm³/mol. The van der Waals surface area contributed by atoms with Gasteiger partial charge in [-0.2, -0.15) is 0 Å². The largest absolute Gasteiger partial charge is 0.480 e. The van der Waals surface area contributed by atoms with Gasteiger partial charge in [0.15, 0.2) is 0 Å². The smallest absolute Gasteiger partial charge is 0.326 e. The maximum Gasteiger partial charge on any atom is 0.326 e. The minimum absolute atomic E-state index is 0.190. The van der Waals surface area contributed by atoms with Crippen LogP contribution in [0.3, 0.4) is 0 Å². The summed E-state index contributed by atoms with van der Waals surface area (Å²) in [6, 6.07) is 13.0. The molecule has 7 heteroatoms. The van der Waals surface area contributed by atoms with E-state index in [1.807, 2.05) is 30.3 Å². The zero-order valence-electron chi connectivity index (χ0n) is 14.9. The summed E-state index contributed by atoms with van der Waals surface area (Å²) in [4.78, 5) is 37.8. The highest BCUT2D eigenvalue weighted by atomic mass is 16.4. The van der Waals surface area contributed by atoms with E-state index in [2.05, 4.69) is 10.6 Å². The maximum absolute atomic E-state index is 12.7. The first-order valence-electron chi connectivity index (χ1n) is 8.70. The zero-order valence-corrected chi connectivity index (χ0v) is 14.9. The van der Waals surface area contributed by atoms with E-state index in [-0.39, 0.29) is 12.5 Å². The maximum atomic E-state index is 12.7. The van der Waals surface area contributed by atoms with Crippen LogP contribution >= 0.6 is 0 Å². The first-order valence-corrected chi connectivity index (χ1v) is 8.70. The van der Waals surface area contributed by atoms with Crippen LogP contribution in [0.15, 0.2) is 48.5 Å². The lowest BCUT2D eigenvalue weighted by atomic mass is 10.0. The van der Waals surface area contributed by atoms with Crippen LogP contribution in [0.4, 0.5) is 10.5 Å². The number of hydrogen-bond donors (Lipinski definition) is 3. The lowest BCUT2D eigenvalue weighted by Gasteiger charge is -2.20. The minimum atomic E-state index is -1.10. The van der Waals surface area contributed by atoms with Crippen molar-refractivity contribution in [2.75, 3.05) is 18.0 Å². The fourth-order valence-corrected chi connectivity index (χ4v) is 3.15. The summed E-state index contributed by atoms with van der Waals surface area (Å²) >= 11 is 0. The summed E-state index contributed by atoms with van der Waals surface area (Å²) in [6.07, 6.45) is 0.190. The van der Waals surface area contributed by atoms with Gasteiger partial charge in [-0.3, -0.25) is 9.69 Å². The van der Waals surface area contributed by atoms with E-state index in [1.54, 1.807) is 30.0 Å². The second-order valence-electron chi connectivity index (χ2n) is 6.39. The van der Waals surface area contributed by atoms with Gasteiger partial charge in [-0.05, 0) is 30.2 Å². The topological polar surface area (TPSA) is 98.7 Å². The molecule has 0 aliphatic carbocycles. The average Bonchev–Trinajstić information content (AvgIpc) is 3.07. The zero-order chi connectivity index (χ0) is 19.4. The summed E-state index contributed by atoms with van der Waals surface area (Å²) in [6.45, 7) is 2.83. The molecule has 1 aliphatic rings. The number of benzene rings is 2. The van der Waals surface area contributed by atoms with E-state index in [9.17, 15) is 19.5 Å². The van der Waals surface area contributed by atoms with Gasteiger partial charge < -0.3 is 15.7 Å². The predicted octanol–water partition coefficient (Wildman–Crippen LogP) is 1.95. The van der Waals surface area contributed by atoms with Crippen LogP contribution in [0.5, 0.6) is 0 Å². The van der Waals surface area contributed by atoms with Gasteiger partial charge in [-0.1, -0.05) is 36.4 Å². The van der Waals surface area contributed by atoms with Gasteiger partial charge in [0.25, 0.3) is 5.91 Å². The molecule has 0 saturated carbocycles. The Labute approximate surface area is 157 Å². The number of urea groups is 1. The van der Waals surface area contributed by atoms with Crippen molar-refractivity contribution in [2.45, 2.75) is 19.4 Å². The van der Waals surface area contributed by atoms with E-state index in [4.69, 9.17) is 0 Å². The van der Waals surface area contributed by atoms with E-state index in [0.717, 1.165) is 5.56 Å². The highest BCUT2D eigenvalue weighted by Crippen LogP contribution is 2.24. The Balaban J connectivity index is 1.80. The number of carboxylic acid groups (broad SMARTS) is 1. The van der Waals surface area contributed by atoms with Gasteiger partial charge in [0.2, 0.25) is 0 Å². The number of rotatable bonds is 6. The molecule has 0 bridgehead atoms. The van der Waals surface area contributed by atoms with Crippen LogP contribution < -0.4 is 15.5 Å². The van der Waals surface area contributed by atoms with Gasteiger partial charge in [-0.15, -0.1) is 0 Å². The van der Waals surface area contributed by atoms with Gasteiger partial charge in [0, 0.05) is 30.8 Å². The van der Waals surface area contributed by atoms with Gasteiger partial charge in [-0.25, -0.2) is 9.59 Å². The monoisotopic (exact) mass is 367 g/mol. The Kier molecular flexibility index (Phi) is 5.40. The molecule has 7 nitrogen and oxygen atoms in total. The van der Waals surface area contributed by atoms with Crippen molar-refractivity contribution in [1.82, 2.24) is 10.6 Å². The van der Waals surface area contributed by atoms with Crippen LogP contribution in [-0.4, -0.2) is 42.1 Å². The SMILES string of the molecule is Cc1c(C(=O)N[C@@H](Cc2ccccc2)C(=O)O)cccc1N1CCNC1=O. The number of amides is 3. The number of carbonyl (C=O) groups excluding carboxylic acids is 2. The number of nitrogens with zero attached hydrogens (tertiary/aromatic N) is 1. The quantitative estimate of drug-likeness (QED) is 0.727. The summed E-state index contributed by atoms with van der Waals surface area (Å²) < 4.78 is 0. The molecule has 0 unspecified atom stereocenters. The Hall–Kier alpha value is -3.35. The number of hydrogen-bond acceptors (Lipinski definition) is 3. The molecule has 2 aromatic rings. The first kappa shape index (κ1) is 18.4. The fourth-order valence-electron chi connectivity index (χ4n) is 3.15. The lowest BCUT2D eigenvalue weighted by molar-refractivity contribution is -0.139. The Morgan fingerprint density at radius 1 is 1.19 bits per heavy atom. The molecular weight excluding hydrogens is 346 g/mol. The van der Waals surface area contributed by atoms with E-state index in [1.165, 1.54) is 0 Å². The van der Waals surface area contributed by atoms with Crippen molar-refractivity contribution in [3.05, 3.63) is 65.2 Å². The van der Waals surface area contributed by atoms with Crippen LogP contribution in [0.2, 0.25) is 0 Å².